The summed E-state index contributed by atoms with van der Waals surface area (Å²) in [5.41, 5.74) is 1.04. The van der Waals surface area contributed by atoms with Gasteiger partial charge >= 0.3 is 12.1 Å². The fraction of sp³-hybridized carbons (Fsp3) is 0.286. The summed E-state index contributed by atoms with van der Waals surface area (Å²) in [7, 11) is 0. The fourth-order valence-corrected chi connectivity index (χ4v) is 2.98. The highest BCUT2D eigenvalue weighted by Gasteiger charge is 2.48. The SMILES string of the molecule is CCCOc1cc2c(cc1Cc1ccccc1)OC(C(F)(F)F)C(C(=O)O)=C2. The Morgan fingerprint density at radius 1 is 1.21 bits per heavy atom. The maximum absolute atomic E-state index is 13.3. The Balaban J connectivity index is 2.05. The van der Waals surface area contributed by atoms with Crippen molar-refractivity contribution in [1.29, 1.82) is 0 Å². The van der Waals surface area contributed by atoms with Crippen LogP contribution in [0.4, 0.5) is 13.2 Å². The summed E-state index contributed by atoms with van der Waals surface area (Å²) in [6.07, 6.45) is -5.14. The van der Waals surface area contributed by atoms with Gasteiger partial charge in [-0.25, -0.2) is 4.79 Å². The minimum Gasteiger partial charge on any atom is -0.493 e. The maximum atomic E-state index is 13.3. The maximum Gasteiger partial charge on any atom is 0.430 e. The number of carboxylic acids is 1. The van der Waals surface area contributed by atoms with E-state index in [0.717, 1.165) is 18.1 Å². The Morgan fingerprint density at radius 2 is 1.93 bits per heavy atom. The summed E-state index contributed by atoms with van der Waals surface area (Å²) < 4.78 is 50.7. The number of carbonyl (C=O) groups is 1. The average molecular weight is 392 g/mol. The highest BCUT2D eigenvalue weighted by Crippen LogP contribution is 2.40. The van der Waals surface area contributed by atoms with Crippen LogP contribution in [-0.2, 0) is 11.2 Å². The van der Waals surface area contributed by atoms with Gasteiger partial charge < -0.3 is 14.6 Å². The van der Waals surface area contributed by atoms with Crippen molar-refractivity contribution in [3.8, 4) is 11.5 Å². The molecule has 0 aromatic heterocycles. The van der Waals surface area contributed by atoms with E-state index in [1.54, 1.807) is 6.07 Å². The summed E-state index contributed by atoms with van der Waals surface area (Å²) in [5.74, 6) is -1.18. The van der Waals surface area contributed by atoms with Gasteiger partial charge in [-0.3, -0.25) is 0 Å². The number of alkyl halides is 3. The molecule has 0 aliphatic carbocycles. The van der Waals surface area contributed by atoms with E-state index in [0.29, 0.717) is 24.3 Å². The third-order valence-electron chi connectivity index (χ3n) is 4.27. The molecule has 4 nitrogen and oxygen atoms in total. The Hall–Kier alpha value is -2.96. The number of carboxylic acid groups (broad SMARTS) is 1. The van der Waals surface area contributed by atoms with Crippen LogP contribution in [0.1, 0.15) is 30.0 Å². The van der Waals surface area contributed by atoms with Crippen LogP contribution in [0.2, 0.25) is 0 Å². The zero-order valence-electron chi connectivity index (χ0n) is 15.1. The summed E-state index contributed by atoms with van der Waals surface area (Å²) >= 11 is 0. The molecule has 0 spiro atoms. The van der Waals surface area contributed by atoms with Crippen molar-refractivity contribution in [2.45, 2.75) is 32.0 Å². The molecule has 28 heavy (non-hydrogen) atoms. The molecule has 7 heteroatoms. The Kier molecular flexibility index (Phi) is 5.63. The van der Waals surface area contributed by atoms with Gasteiger partial charge in [-0.15, -0.1) is 0 Å². The zero-order valence-corrected chi connectivity index (χ0v) is 15.1. The first-order valence-electron chi connectivity index (χ1n) is 8.81. The van der Waals surface area contributed by atoms with Crippen LogP contribution in [0.25, 0.3) is 6.08 Å². The van der Waals surface area contributed by atoms with Crippen molar-refractivity contribution in [3.05, 3.63) is 64.7 Å². The lowest BCUT2D eigenvalue weighted by molar-refractivity contribution is -0.187. The predicted octanol–water partition coefficient (Wildman–Crippen LogP) is 4.86. The molecule has 148 valence electrons. The van der Waals surface area contributed by atoms with Gasteiger partial charge in [0.1, 0.15) is 11.5 Å². The second-order valence-electron chi connectivity index (χ2n) is 6.45. The average Bonchev–Trinajstić information content (AvgIpc) is 2.65. The number of ether oxygens (including phenoxy) is 2. The van der Waals surface area contributed by atoms with Crippen molar-refractivity contribution in [1.82, 2.24) is 0 Å². The van der Waals surface area contributed by atoms with Gasteiger partial charge in [0.25, 0.3) is 0 Å². The molecule has 0 saturated heterocycles. The van der Waals surface area contributed by atoms with Gasteiger partial charge in [-0.05, 0) is 30.2 Å². The molecular formula is C21H19F3O4. The van der Waals surface area contributed by atoms with Gasteiger partial charge in [-0.2, -0.15) is 13.2 Å². The molecule has 0 saturated carbocycles. The predicted molar refractivity (Wildman–Crippen MR) is 97.6 cm³/mol. The van der Waals surface area contributed by atoms with E-state index in [9.17, 15) is 23.1 Å². The van der Waals surface area contributed by atoms with E-state index in [-0.39, 0.29) is 11.3 Å². The van der Waals surface area contributed by atoms with E-state index in [1.807, 2.05) is 37.3 Å². The molecule has 0 fully saturated rings. The van der Waals surface area contributed by atoms with Gasteiger partial charge in [0, 0.05) is 17.5 Å². The summed E-state index contributed by atoms with van der Waals surface area (Å²) in [6, 6.07) is 12.5. The van der Waals surface area contributed by atoms with Crippen LogP contribution < -0.4 is 9.47 Å². The highest BCUT2D eigenvalue weighted by molar-refractivity contribution is 5.95. The molecule has 3 rings (SSSR count). The molecule has 1 unspecified atom stereocenters. The molecule has 2 aromatic rings. The second kappa shape index (κ2) is 7.96. The van der Waals surface area contributed by atoms with E-state index in [4.69, 9.17) is 9.47 Å². The number of fused-ring (bicyclic) bond motifs is 1. The molecule has 1 N–H and O–H groups in total. The largest absolute Gasteiger partial charge is 0.493 e. The topological polar surface area (TPSA) is 55.8 Å². The first-order chi connectivity index (χ1) is 13.3. The number of rotatable bonds is 6. The Bertz CT molecular complexity index is 889. The van der Waals surface area contributed by atoms with E-state index in [1.165, 1.54) is 6.07 Å². The normalized spacial score (nSPS) is 16.0. The van der Waals surface area contributed by atoms with E-state index >= 15 is 0 Å². The lowest BCUT2D eigenvalue weighted by Gasteiger charge is -2.28. The van der Waals surface area contributed by atoms with E-state index in [2.05, 4.69) is 0 Å². The van der Waals surface area contributed by atoms with Crippen LogP contribution in [0.3, 0.4) is 0 Å². The molecule has 1 aliphatic heterocycles. The lowest BCUT2D eigenvalue weighted by Crippen LogP contribution is -2.40. The summed E-state index contributed by atoms with van der Waals surface area (Å²) in [6.45, 7) is 2.37. The Morgan fingerprint density at radius 3 is 2.54 bits per heavy atom. The molecule has 1 aliphatic rings. The number of aliphatic carboxylic acids is 1. The first kappa shape index (κ1) is 19.8. The molecular weight excluding hydrogens is 373 g/mol. The second-order valence-corrected chi connectivity index (χ2v) is 6.45. The van der Waals surface area contributed by atoms with Crippen molar-refractivity contribution in [2.24, 2.45) is 0 Å². The third-order valence-corrected chi connectivity index (χ3v) is 4.27. The lowest BCUT2D eigenvalue weighted by atomic mass is 9.97. The van der Waals surface area contributed by atoms with Gasteiger partial charge in [0.05, 0.1) is 12.2 Å². The first-order valence-corrected chi connectivity index (χ1v) is 8.81. The molecule has 1 heterocycles. The number of benzene rings is 2. The van der Waals surface area contributed by atoms with Crippen LogP contribution in [-0.4, -0.2) is 30.0 Å². The molecule has 1 atom stereocenters. The molecule has 0 radical (unpaired) electrons. The van der Waals surface area contributed by atoms with Gasteiger partial charge in [0.15, 0.2) is 0 Å². The van der Waals surface area contributed by atoms with Crippen LogP contribution in [0, 0.1) is 0 Å². The highest BCUT2D eigenvalue weighted by atomic mass is 19.4. The van der Waals surface area contributed by atoms with E-state index < -0.39 is 23.8 Å². The number of hydrogen-bond acceptors (Lipinski definition) is 3. The standard InChI is InChI=1S/C21H19F3O4/c1-2-8-27-17-11-15-10-16(20(25)26)19(21(22,23)24)28-18(15)12-14(17)9-13-6-4-3-5-7-13/h3-7,10-12,19H,2,8-9H2,1H3,(H,25,26). The third kappa shape index (κ3) is 4.30. The molecule has 0 bridgehead atoms. The van der Waals surface area contributed by atoms with Crippen LogP contribution in [0.5, 0.6) is 11.5 Å². The van der Waals surface area contributed by atoms with Crippen molar-refractivity contribution < 1.29 is 32.5 Å². The monoisotopic (exact) mass is 392 g/mol. The smallest absolute Gasteiger partial charge is 0.430 e. The summed E-state index contributed by atoms with van der Waals surface area (Å²) in [5, 5.41) is 9.18. The quantitative estimate of drug-likeness (QED) is 0.763. The minimum atomic E-state index is -4.83. The molecule has 2 aromatic carbocycles. The van der Waals surface area contributed by atoms with Crippen LogP contribution >= 0.6 is 0 Å². The zero-order chi connectivity index (χ0) is 20.3. The van der Waals surface area contributed by atoms with Crippen molar-refractivity contribution in [3.63, 3.8) is 0 Å². The summed E-state index contributed by atoms with van der Waals surface area (Å²) in [4.78, 5) is 11.3. The molecule has 0 amide bonds. The van der Waals surface area contributed by atoms with Crippen LogP contribution in [0.15, 0.2) is 48.0 Å². The van der Waals surface area contributed by atoms with Crippen molar-refractivity contribution in [2.75, 3.05) is 6.61 Å². The minimum absolute atomic E-state index is 0.0119. The number of halogens is 3. The number of hydrogen-bond donors (Lipinski definition) is 1. The Labute approximate surface area is 160 Å². The fourth-order valence-electron chi connectivity index (χ4n) is 2.98. The van der Waals surface area contributed by atoms with Gasteiger partial charge in [-0.1, -0.05) is 37.3 Å². The van der Waals surface area contributed by atoms with Crippen molar-refractivity contribution >= 4 is 12.0 Å². The van der Waals surface area contributed by atoms with Gasteiger partial charge in [0.2, 0.25) is 6.10 Å².